The van der Waals surface area contributed by atoms with Gasteiger partial charge in [-0.25, -0.2) is 0 Å². The summed E-state index contributed by atoms with van der Waals surface area (Å²) in [5.74, 6) is 4.37. The van der Waals surface area contributed by atoms with Gasteiger partial charge in [-0.2, -0.15) is 0 Å². The van der Waals surface area contributed by atoms with E-state index in [9.17, 15) is 9.59 Å². The molecule has 0 fully saturated rings. The maximum atomic E-state index is 10.0. The first-order valence-corrected chi connectivity index (χ1v) is 2.17. The number of nitrogens with two attached hydrogens (primary N) is 2. The van der Waals surface area contributed by atoms with Crippen molar-refractivity contribution >= 4 is 12.3 Å². The quantitative estimate of drug-likeness (QED) is 0.220. The van der Waals surface area contributed by atoms with E-state index in [1.165, 1.54) is 0 Å². The zero-order valence-corrected chi connectivity index (χ0v) is 4.70. The van der Waals surface area contributed by atoms with E-state index in [1.54, 1.807) is 0 Å². The van der Waals surface area contributed by atoms with Gasteiger partial charge in [0.05, 0.1) is 0 Å². The third kappa shape index (κ3) is 4.72. The van der Waals surface area contributed by atoms with Gasteiger partial charge in [0.1, 0.15) is 6.54 Å². The van der Waals surface area contributed by atoms with E-state index < -0.39 is 5.91 Å². The van der Waals surface area contributed by atoms with Gasteiger partial charge in [0.25, 0.3) is 0 Å². The van der Waals surface area contributed by atoms with Gasteiger partial charge in [0, 0.05) is 0 Å². The molecule has 0 aliphatic carbocycles. The fourth-order valence-corrected chi connectivity index (χ4v) is 0.281. The summed E-state index contributed by atoms with van der Waals surface area (Å²) in [6.07, 6.45) is 0.350. The number of carbonyl (C=O) groups excluding carboxylic acids is 2. The van der Waals surface area contributed by atoms with Gasteiger partial charge in [-0.05, 0) is 0 Å². The molecule has 0 aromatic rings. The van der Waals surface area contributed by atoms with Crippen molar-refractivity contribution in [2.75, 3.05) is 6.54 Å². The van der Waals surface area contributed by atoms with Crippen LogP contribution in [0.15, 0.2) is 0 Å². The zero-order chi connectivity index (χ0) is 7.28. The Kier molecular flexibility index (Phi) is 3.33. The van der Waals surface area contributed by atoms with Gasteiger partial charge >= 0.3 is 0 Å². The van der Waals surface area contributed by atoms with Crippen LogP contribution in [0.2, 0.25) is 0 Å². The maximum Gasteiger partial charge on any atom is 0.235 e. The molecule has 0 rings (SSSR count). The van der Waals surface area contributed by atoms with Crippen LogP contribution in [0.1, 0.15) is 0 Å². The van der Waals surface area contributed by atoms with Gasteiger partial charge in [0.15, 0.2) is 0 Å². The molecule has 6 heteroatoms. The highest BCUT2D eigenvalue weighted by Gasteiger charge is 1.98. The van der Waals surface area contributed by atoms with Crippen LogP contribution in [0.3, 0.4) is 0 Å². The lowest BCUT2D eigenvalue weighted by atomic mass is 10.6. The third-order valence-electron chi connectivity index (χ3n) is 0.545. The van der Waals surface area contributed by atoms with E-state index in [-0.39, 0.29) is 6.54 Å². The zero-order valence-electron chi connectivity index (χ0n) is 4.70. The van der Waals surface area contributed by atoms with Crippen molar-refractivity contribution in [3.63, 3.8) is 0 Å². The first-order chi connectivity index (χ1) is 4.16. The molecule has 0 saturated heterocycles. The van der Waals surface area contributed by atoms with Crippen molar-refractivity contribution in [2.45, 2.75) is 0 Å². The Hall–Kier alpha value is -1.14. The Morgan fingerprint density at radius 3 is 2.67 bits per heavy atom. The molecule has 0 aromatic heterocycles. The number of hydrogen-bond donors (Lipinski definition) is 3. The molecule has 2 amide bonds. The highest BCUT2D eigenvalue weighted by Crippen LogP contribution is 1.63. The molecule has 0 unspecified atom stereocenters. The summed E-state index contributed by atoms with van der Waals surface area (Å²) in [7, 11) is 0. The van der Waals surface area contributed by atoms with Gasteiger partial charge in [0.2, 0.25) is 12.3 Å². The number of primary amides is 1. The normalized spacial score (nSPS) is 9.11. The fourth-order valence-electron chi connectivity index (χ4n) is 0.281. The summed E-state index contributed by atoms with van der Waals surface area (Å²) in [6.45, 7) is -0.196. The van der Waals surface area contributed by atoms with Gasteiger partial charge in [-0.3, -0.25) is 20.9 Å². The van der Waals surface area contributed by atoms with Gasteiger partial charge in [-0.15, -0.1) is 5.12 Å². The molecule has 0 heterocycles. The fraction of sp³-hybridized carbons (Fsp3) is 0.333. The number of carbonyl (C=O) groups is 2. The highest BCUT2D eigenvalue weighted by atomic mass is 16.2. The molecule has 0 aliphatic rings. The van der Waals surface area contributed by atoms with Crippen molar-refractivity contribution in [3.8, 4) is 0 Å². The van der Waals surface area contributed by atoms with Crippen LogP contribution in [-0.4, -0.2) is 24.0 Å². The van der Waals surface area contributed by atoms with E-state index in [1.807, 2.05) is 5.43 Å². The predicted octanol–water partition coefficient (Wildman–Crippen LogP) is -2.69. The Labute approximate surface area is 51.7 Å². The number of nitrogens with one attached hydrogen (secondary N) is 1. The molecule has 5 N–H and O–H groups in total. The minimum Gasteiger partial charge on any atom is -0.368 e. The second-order valence-corrected chi connectivity index (χ2v) is 1.34. The average Bonchev–Trinajstić information content (AvgIpc) is 1.63. The Bertz CT molecular complexity index is 114. The monoisotopic (exact) mass is 132 g/mol. The number of rotatable bonds is 4. The van der Waals surface area contributed by atoms with E-state index in [4.69, 9.17) is 11.6 Å². The summed E-state index contributed by atoms with van der Waals surface area (Å²) in [5.41, 5.74) is 6.71. The van der Waals surface area contributed by atoms with Crippen LogP contribution in [0.4, 0.5) is 0 Å². The largest absolute Gasteiger partial charge is 0.368 e. The van der Waals surface area contributed by atoms with Crippen molar-refractivity contribution in [3.05, 3.63) is 0 Å². The summed E-state index contributed by atoms with van der Waals surface area (Å²) in [6, 6.07) is 0. The molecule has 0 aliphatic heterocycles. The average molecular weight is 132 g/mol. The molecule has 6 nitrogen and oxygen atoms in total. The van der Waals surface area contributed by atoms with Crippen molar-refractivity contribution in [1.82, 2.24) is 10.5 Å². The number of hydrogen-bond acceptors (Lipinski definition) is 4. The first kappa shape index (κ1) is 7.86. The van der Waals surface area contributed by atoms with E-state index in [0.717, 1.165) is 5.12 Å². The molecule has 0 bridgehead atoms. The molecule has 0 saturated carbocycles. The van der Waals surface area contributed by atoms with Crippen molar-refractivity contribution in [2.24, 2.45) is 11.6 Å². The van der Waals surface area contributed by atoms with Gasteiger partial charge < -0.3 is 5.73 Å². The summed E-state index contributed by atoms with van der Waals surface area (Å²) in [4.78, 5) is 19.6. The van der Waals surface area contributed by atoms with Crippen molar-refractivity contribution in [1.29, 1.82) is 0 Å². The van der Waals surface area contributed by atoms with Crippen LogP contribution < -0.4 is 17.0 Å². The number of hydrazine groups is 2. The minimum absolute atomic E-state index is 0.196. The van der Waals surface area contributed by atoms with Crippen LogP contribution >= 0.6 is 0 Å². The second kappa shape index (κ2) is 3.81. The lowest BCUT2D eigenvalue weighted by Gasteiger charge is -2.10. The van der Waals surface area contributed by atoms with Crippen LogP contribution in [0, 0.1) is 0 Å². The number of amides is 2. The highest BCUT2D eigenvalue weighted by molar-refractivity contribution is 5.75. The van der Waals surface area contributed by atoms with E-state index in [0.29, 0.717) is 6.41 Å². The molecule has 9 heavy (non-hydrogen) atoms. The molecule has 0 radical (unpaired) electrons. The number of nitrogens with zero attached hydrogens (tertiary/aromatic N) is 1. The topological polar surface area (TPSA) is 101 Å². The second-order valence-electron chi connectivity index (χ2n) is 1.34. The first-order valence-electron chi connectivity index (χ1n) is 2.17. The molecule has 0 atom stereocenters. The minimum atomic E-state index is -0.605. The lowest BCUT2D eigenvalue weighted by Crippen LogP contribution is -2.47. The van der Waals surface area contributed by atoms with Gasteiger partial charge in [-0.1, -0.05) is 0 Å². The Morgan fingerprint density at radius 1 is 1.78 bits per heavy atom. The van der Waals surface area contributed by atoms with Crippen LogP contribution in [0.5, 0.6) is 0 Å². The molecule has 0 aromatic carbocycles. The summed E-state index contributed by atoms with van der Waals surface area (Å²) >= 11 is 0. The van der Waals surface area contributed by atoms with Crippen molar-refractivity contribution < 1.29 is 9.59 Å². The maximum absolute atomic E-state index is 10.0. The Morgan fingerprint density at radius 2 is 2.33 bits per heavy atom. The molecule has 52 valence electrons. The lowest BCUT2D eigenvalue weighted by molar-refractivity contribution is -0.121. The molecular formula is C3H8N4O2. The van der Waals surface area contributed by atoms with E-state index >= 15 is 0 Å². The third-order valence-corrected chi connectivity index (χ3v) is 0.545. The summed E-state index contributed by atoms with van der Waals surface area (Å²) < 4.78 is 0. The smallest absolute Gasteiger partial charge is 0.235 e. The van der Waals surface area contributed by atoms with Crippen LogP contribution in [-0.2, 0) is 9.59 Å². The van der Waals surface area contributed by atoms with E-state index in [2.05, 4.69) is 0 Å². The molecule has 0 spiro atoms. The standard InChI is InChI=1S/C3H8N4O2/c4-3(9)1-7(5)6-2-8/h2H,1,5H2,(H2,4,9)(H,6,8). The SMILES string of the molecule is NC(=O)CN(N)NC=O. The van der Waals surface area contributed by atoms with Crippen LogP contribution in [0.25, 0.3) is 0 Å². The Balaban J connectivity index is 3.37. The summed E-state index contributed by atoms with van der Waals surface area (Å²) in [5, 5.41) is 0.787. The predicted molar refractivity (Wildman–Crippen MR) is 29.3 cm³/mol. The molecular weight excluding hydrogens is 124 g/mol.